The van der Waals surface area contributed by atoms with E-state index in [9.17, 15) is 9.18 Å². The van der Waals surface area contributed by atoms with Crippen molar-refractivity contribution in [1.82, 2.24) is 5.32 Å². The predicted molar refractivity (Wildman–Crippen MR) is 37.9 cm³/mol. The highest BCUT2D eigenvalue weighted by Gasteiger charge is 2.33. The maximum absolute atomic E-state index is 12.9. The lowest BCUT2D eigenvalue weighted by molar-refractivity contribution is -0.152. The molecule has 0 aromatic rings. The van der Waals surface area contributed by atoms with Crippen LogP contribution >= 0.6 is 0 Å². The Balaban J connectivity index is 2.27. The molecule has 0 amide bonds. The van der Waals surface area contributed by atoms with E-state index in [1.165, 1.54) is 0 Å². The Hall–Kier alpha value is -0.640. The Morgan fingerprint density at radius 3 is 2.82 bits per heavy atom. The molecule has 1 fully saturated rings. The molecule has 4 heteroatoms. The van der Waals surface area contributed by atoms with E-state index < -0.39 is 12.1 Å². The lowest BCUT2D eigenvalue weighted by Gasteiger charge is -2.28. The second-order valence-electron chi connectivity index (χ2n) is 2.57. The van der Waals surface area contributed by atoms with E-state index in [2.05, 4.69) is 10.1 Å². The number of hydrogen-bond donors (Lipinski definition) is 1. The summed E-state index contributed by atoms with van der Waals surface area (Å²) in [7, 11) is 0. The van der Waals surface area contributed by atoms with Crippen molar-refractivity contribution in [3.05, 3.63) is 0 Å². The first-order valence-corrected chi connectivity index (χ1v) is 3.77. The zero-order chi connectivity index (χ0) is 8.27. The molecule has 1 aliphatic heterocycles. The van der Waals surface area contributed by atoms with Gasteiger partial charge in [-0.25, -0.2) is 9.18 Å². The van der Waals surface area contributed by atoms with Crippen LogP contribution in [0.25, 0.3) is 0 Å². The Kier molecular flexibility index (Phi) is 2.82. The largest absolute Gasteiger partial charge is 0.464 e. The second kappa shape index (κ2) is 3.67. The third-order valence-corrected chi connectivity index (χ3v) is 1.74. The summed E-state index contributed by atoms with van der Waals surface area (Å²) in [4.78, 5) is 10.8. The number of rotatable bonds is 3. The summed E-state index contributed by atoms with van der Waals surface area (Å²) in [6.45, 7) is 3.09. The fourth-order valence-corrected chi connectivity index (χ4v) is 0.932. The van der Waals surface area contributed by atoms with E-state index in [1.54, 1.807) is 6.92 Å². The Morgan fingerprint density at radius 2 is 2.45 bits per heavy atom. The van der Waals surface area contributed by atoms with Crippen molar-refractivity contribution in [3.8, 4) is 0 Å². The molecule has 0 aliphatic carbocycles. The van der Waals surface area contributed by atoms with E-state index in [0.29, 0.717) is 13.1 Å². The maximum Gasteiger partial charge on any atom is 0.341 e. The zero-order valence-electron chi connectivity index (χ0n) is 6.47. The van der Waals surface area contributed by atoms with E-state index in [4.69, 9.17) is 0 Å². The number of carbonyl (C=O) groups excluding carboxylic acids is 1. The van der Waals surface area contributed by atoms with Crippen LogP contribution in [0.3, 0.4) is 0 Å². The molecule has 1 aliphatic rings. The molecular formula is C7H12FNO2. The lowest BCUT2D eigenvalue weighted by atomic mass is 9.98. The Morgan fingerprint density at radius 1 is 1.82 bits per heavy atom. The van der Waals surface area contributed by atoms with Crippen molar-refractivity contribution < 1.29 is 13.9 Å². The van der Waals surface area contributed by atoms with E-state index in [-0.39, 0.29) is 12.5 Å². The van der Waals surface area contributed by atoms with Gasteiger partial charge in [-0.2, -0.15) is 0 Å². The summed E-state index contributed by atoms with van der Waals surface area (Å²) in [5, 5.41) is 2.89. The topological polar surface area (TPSA) is 38.3 Å². The molecule has 0 aromatic heterocycles. The van der Waals surface area contributed by atoms with Gasteiger partial charge in [0.05, 0.1) is 6.61 Å². The number of ether oxygens (including phenoxy) is 1. The highest BCUT2D eigenvalue weighted by Crippen LogP contribution is 2.13. The molecule has 1 heterocycles. The normalized spacial score (nSPS) is 20.5. The summed E-state index contributed by atoms with van der Waals surface area (Å²) in [5.74, 6) is -0.895. The molecule has 1 saturated heterocycles. The lowest BCUT2D eigenvalue weighted by Crippen LogP contribution is -2.49. The first-order chi connectivity index (χ1) is 5.25. The monoisotopic (exact) mass is 161 g/mol. The van der Waals surface area contributed by atoms with Gasteiger partial charge in [0, 0.05) is 19.0 Å². The predicted octanol–water partition coefficient (Wildman–Crippen LogP) is 0.107. The third-order valence-electron chi connectivity index (χ3n) is 1.74. The molecule has 1 N–H and O–H groups in total. The van der Waals surface area contributed by atoms with Crippen molar-refractivity contribution in [2.45, 2.75) is 13.1 Å². The SMILES string of the molecule is CCOC(=O)[C@@H](F)C1CNC1. The van der Waals surface area contributed by atoms with E-state index >= 15 is 0 Å². The average Bonchev–Trinajstić information content (AvgIpc) is 1.84. The van der Waals surface area contributed by atoms with Gasteiger partial charge in [0.2, 0.25) is 6.17 Å². The van der Waals surface area contributed by atoms with Crippen molar-refractivity contribution in [2.24, 2.45) is 5.92 Å². The molecule has 64 valence electrons. The summed E-state index contributed by atoms with van der Waals surface area (Å²) < 4.78 is 17.4. The van der Waals surface area contributed by atoms with Gasteiger partial charge in [-0.05, 0) is 6.92 Å². The van der Waals surface area contributed by atoms with Crippen molar-refractivity contribution >= 4 is 5.97 Å². The number of alkyl halides is 1. The van der Waals surface area contributed by atoms with Crippen LogP contribution in [0.2, 0.25) is 0 Å². The Bertz CT molecular complexity index is 147. The van der Waals surface area contributed by atoms with Crippen molar-refractivity contribution in [2.75, 3.05) is 19.7 Å². The van der Waals surface area contributed by atoms with Gasteiger partial charge in [0.1, 0.15) is 0 Å². The van der Waals surface area contributed by atoms with Crippen LogP contribution in [0.5, 0.6) is 0 Å². The maximum atomic E-state index is 12.9. The fraction of sp³-hybridized carbons (Fsp3) is 0.857. The minimum atomic E-state index is -1.43. The molecule has 1 rings (SSSR count). The minimum absolute atomic E-state index is 0.172. The number of nitrogens with one attached hydrogen (secondary N) is 1. The molecular weight excluding hydrogens is 149 g/mol. The van der Waals surface area contributed by atoms with Crippen molar-refractivity contribution in [1.29, 1.82) is 0 Å². The molecule has 11 heavy (non-hydrogen) atoms. The number of carbonyl (C=O) groups is 1. The molecule has 0 saturated carbocycles. The number of hydrogen-bond acceptors (Lipinski definition) is 3. The Labute approximate surface area is 64.9 Å². The van der Waals surface area contributed by atoms with Gasteiger partial charge in [0.25, 0.3) is 0 Å². The van der Waals surface area contributed by atoms with Crippen LogP contribution in [0.15, 0.2) is 0 Å². The molecule has 0 spiro atoms. The van der Waals surface area contributed by atoms with Crippen LogP contribution in [-0.4, -0.2) is 31.8 Å². The molecule has 0 radical (unpaired) electrons. The standard InChI is InChI=1S/C7H12FNO2/c1-2-11-7(10)6(8)5-3-9-4-5/h5-6,9H,2-4H2,1H3/t6-/m0/s1. The first-order valence-electron chi connectivity index (χ1n) is 3.77. The average molecular weight is 161 g/mol. The highest BCUT2D eigenvalue weighted by atomic mass is 19.1. The van der Waals surface area contributed by atoms with Crippen LogP contribution in [0.4, 0.5) is 4.39 Å². The summed E-state index contributed by atoms with van der Waals surface area (Å²) in [6.07, 6.45) is -1.43. The summed E-state index contributed by atoms with van der Waals surface area (Å²) >= 11 is 0. The number of esters is 1. The zero-order valence-corrected chi connectivity index (χ0v) is 6.47. The van der Waals surface area contributed by atoms with E-state index in [0.717, 1.165) is 0 Å². The van der Waals surface area contributed by atoms with Crippen LogP contribution < -0.4 is 5.32 Å². The highest BCUT2D eigenvalue weighted by molar-refractivity contribution is 5.75. The molecule has 0 aromatic carbocycles. The summed E-state index contributed by atoms with van der Waals surface area (Å²) in [6, 6.07) is 0. The molecule has 0 bridgehead atoms. The quantitative estimate of drug-likeness (QED) is 0.597. The van der Waals surface area contributed by atoms with Crippen LogP contribution in [0.1, 0.15) is 6.92 Å². The van der Waals surface area contributed by atoms with Crippen LogP contribution in [0, 0.1) is 5.92 Å². The van der Waals surface area contributed by atoms with Gasteiger partial charge in [0.15, 0.2) is 0 Å². The third kappa shape index (κ3) is 1.89. The molecule has 3 nitrogen and oxygen atoms in total. The smallest absolute Gasteiger partial charge is 0.341 e. The molecule has 0 unspecified atom stereocenters. The van der Waals surface area contributed by atoms with Gasteiger partial charge in [-0.15, -0.1) is 0 Å². The minimum Gasteiger partial charge on any atom is -0.464 e. The van der Waals surface area contributed by atoms with Gasteiger partial charge in [-0.1, -0.05) is 0 Å². The first kappa shape index (κ1) is 8.46. The fourth-order valence-electron chi connectivity index (χ4n) is 0.932. The van der Waals surface area contributed by atoms with Crippen LogP contribution in [-0.2, 0) is 9.53 Å². The second-order valence-corrected chi connectivity index (χ2v) is 2.57. The van der Waals surface area contributed by atoms with Gasteiger partial charge < -0.3 is 10.1 Å². The molecule has 1 atom stereocenters. The van der Waals surface area contributed by atoms with Crippen molar-refractivity contribution in [3.63, 3.8) is 0 Å². The van der Waals surface area contributed by atoms with Gasteiger partial charge >= 0.3 is 5.97 Å². The summed E-state index contributed by atoms with van der Waals surface area (Å²) in [5.41, 5.74) is 0. The number of halogens is 1. The van der Waals surface area contributed by atoms with Gasteiger partial charge in [-0.3, -0.25) is 0 Å². The van der Waals surface area contributed by atoms with E-state index in [1.807, 2.05) is 0 Å².